The van der Waals surface area contributed by atoms with Crippen LogP contribution in [0.15, 0.2) is 53.5 Å². The third-order valence-electron chi connectivity index (χ3n) is 4.57. The molecule has 0 saturated heterocycles. The predicted octanol–water partition coefficient (Wildman–Crippen LogP) is 2.88. The van der Waals surface area contributed by atoms with Crippen LogP contribution in [0, 0.1) is 0 Å². The van der Waals surface area contributed by atoms with Crippen molar-refractivity contribution in [3.05, 3.63) is 65.2 Å². The molecule has 3 rings (SSSR count). The van der Waals surface area contributed by atoms with Crippen LogP contribution in [-0.2, 0) is 13.0 Å². The number of carbonyl (C=O) groups is 1. The molecule has 1 aliphatic heterocycles. The number of rotatable bonds is 5. The molecule has 29 heavy (non-hydrogen) atoms. The topological polar surface area (TPSA) is 74.8 Å². The Kier molecular flexibility index (Phi) is 6.42. The van der Waals surface area contributed by atoms with Gasteiger partial charge in [0.05, 0.1) is 6.54 Å². The molecule has 1 unspecified atom stereocenters. The molecular formula is C23H30N4O2. The molecule has 154 valence electrons. The van der Waals surface area contributed by atoms with Gasteiger partial charge in [-0.1, -0.05) is 30.3 Å². The fraction of sp³-hybridized carbons (Fsp3) is 0.391. The van der Waals surface area contributed by atoms with E-state index in [1.807, 2.05) is 63.2 Å². The SMILES string of the molecule is CN=C(NCc1cccc(C(=O)NC(C)(C)C)c1)NCC1Cc2ccccc2O1. The Morgan fingerprint density at radius 3 is 2.66 bits per heavy atom. The molecule has 2 aromatic carbocycles. The van der Waals surface area contributed by atoms with Crippen molar-refractivity contribution in [2.45, 2.75) is 45.4 Å². The van der Waals surface area contributed by atoms with Gasteiger partial charge in [0.2, 0.25) is 0 Å². The van der Waals surface area contributed by atoms with Gasteiger partial charge in [0.25, 0.3) is 5.91 Å². The fourth-order valence-electron chi connectivity index (χ4n) is 3.22. The Morgan fingerprint density at radius 1 is 1.14 bits per heavy atom. The van der Waals surface area contributed by atoms with Crippen molar-refractivity contribution in [2.24, 2.45) is 4.99 Å². The van der Waals surface area contributed by atoms with Crippen LogP contribution in [0.5, 0.6) is 5.75 Å². The van der Waals surface area contributed by atoms with Gasteiger partial charge in [-0.15, -0.1) is 0 Å². The van der Waals surface area contributed by atoms with Crippen LogP contribution in [-0.4, -0.2) is 37.1 Å². The summed E-state index contributed by atoms with van der Waals surface area (Å²) in [4.78, 5) is 16.6. The van der Waals surface area contributed by atoms with E-state index in [0.717, 1.165) is 17.7 Å². The van der Waals surface area contributed by atoms with Gasteiger partial charge in [-0.2, -0.15) is 0 Å². The molecule has 0 saturated carbocycles. The van der Waals surface area contributed by atoms with E-state index in [1.54, 1.807) is 7.05 Å². The third kappa shape index (κ3) is 5.98. The molecule has 1 atom stereocenters. The number of benzene rings is 2. The monoisotopic (exact) mass is 394 g/mol. The molecule has 2 aromatic rings. The zero-order valence-corrected chi connectivity index (χ0v) is 17.6. The van der Waals surface area contributed by atoms with Crippen LogP contribution in [0.25, 0.3) is 0 Å². The maximum absolute atomic E-state index is 12.4. The average molecular weight is 395 g/mol. The molecule has 0 radical (unpaired) electrons. The highest BCUT2D eigenvalue weighted by molar-refractivity contribution is 5.94. The second-order valence-electron chi connectivity index (χ2n) is 8.26. The standard InChI is InChI=1S/C23H30N4O2/c1-23(2,3)27-21(28)18-10-7-8-16(12-18)14-25-22(24-4)26-15-19-13-17-9-5-6-11-20(17)29-19/h5-12,19H,13-15H2,1-4H3,(H,27,28)(H2,24,25,26). The maximum atomic E-state index is 12.4. The molecule has 1 amide bonds. The van der Waals surface area contributed by atoms with Gasteiger partial charge < -0.3 is 20.7 Å². The molecule has 0 bridgehead atoms. The molecule has 0 fully saturated rings. The van der Waals surface area contributed by atoms with Gasteiger partial charge in [0.1, 0.15) is 11.9 Å². The summed E-state index contributed by atoms with van der Waals surface area (Å²) in [6.07, 6.45) is 0.987. The van der Waals surface area contributed by atoms with E-state index in [-0.39, 0.29) is 17.6 Å². The van der Waals surface area contributed by atoms with Crippen molar-refractivity contribution in [2.75, 3.05) is 13.6 Å². The largest absolute Gasteiger partial charge is 0.488 e. The molecule has 1 aliphatic rings. The number of guanidine groups is 1. The van der Waals surface area contributed by atoms with E-state index in [4.69, 9.17) is 4.74 Å². The van der Waals surface area contributed by atoms with E-state index < -0.39 is 0 Å². The van der Waals surface area contributed by atoms with E-state index in [2.05, 4.69) is 27.0 Å². The van der Waals surface area contributed by atoms with Crippen LogP contribution < -0.4 is 20.7 Å². The summed E-state index contributed by atoms with van der Waals surface area (Å²) < 4.78 is 5.96. The number of amides is 1. The summed E-state index contributed by atoms with van der Waals surface area (Å²) >= 11 is 0. The second-order valence-corrected chi connectivity index (χ2v) is 8.26. The first-order valence-corrected chi connectivity index (χ1v) is 9.94. The normalized spacial score (nSPS) is 16.0. The lowest BCUT2D eigenvalue weighted by atomic mass is 10.1. The van der Waals surface area contributed by atoms with Crippen LogP contribution in [0.1, 0.15) is 42.3 Å². The van der Waals surface area contributed by atoms with Gasteiger partial charge in [-0.3, -0.25) is 9.79 Å². The van der Waals surface area contributed by atoms with Gasteiger partial charge in [0.15, 0.2) is 5.96 Å². The number of ether oxygens (including phenoxy) is 1. The quantitative estimate of drug-likeness (QED) is 0.539. The summed E-state index contributed by atoms with van der Waals surface area (Å²) in [5.74, 6) is 1.60. The molecule has 0 spiro atoms. The molecule has 0 aliphatic carbocycles. The first kappa shape index (κ1) is 20.7. The molecular weight excluding hydrogens is 364 g/mol. The Morgan fingerprint density at radius 2 is 1.93 bits per heavy atom. The van der Waals surface area contributed by atoms with E-state index in [9.17, 15) is 4.79 Å². The van der Waals surface area contributed by atoms with Gasteiger partial charge in [-0.05, 0) is 50.1 Å². The first-order chi connectivity index (χ1) is 13.8. The molecule has 3 N–H and O–H groups in total. The Labute approximate surface area is 172 Å². The lowest BCUT2D eigenvalue weighted by Gasteiger charge is -2.20. The number of aliphatic imine (C=N–C) groups is 1. The van der Waals surface area contributed by atoms with Gasteiger partial charge >= 0.3 is 0 Å². The minimum Gasteiger partial charge on any atom is -0.488 e. The zero-order chi connectivity index (χ0) is 20.9. The van der Waals surface area contributed by atoms with Crippen molar-refractivity contribution >= 4 is 11.9 Å². The number of hydrogen-bond acceptors (Lipinski definition) is 3. The van der Waals surface area contributed by atoms with Crippen molar-refractivity contribution in [1.29, 1.82) is 0 Å². The average Bonchev–Trinajstić information content (AvgIpc) is 3.10. The summed E-state index contributed by atoms with van der Waals surface area (Å²) in [6, 6.07) is 15.7. The number of hydrogen-bond donors (Lipinski definition) is 3. The van der Waals surface area contributed by atoms with Crippen molar-refractivity contribution < 1.29 is 9.53 Å². The zero-order valence-electron chi connectivity index (χ0n) is 17.6. The van der Waals surface area contributed by atoms with Crippen molar-refractivity contribution in [3.63, 3.8) is 0 Å². The van der Waals surface area contributed by atoms with Crippen LogP contribution >= 0.6 is 0 Å². The maximum Gasteiger partial charge on any atom is 0.251 e. The third-order valence-corrected chi connectivity index (χ3v) is 4.57. The fourth-order valence-corrected chi connectivity index (χ4v) is 3.22. The second kappa shape index (κ2) is 8.99. The number of nitrogens with one attached hydrogen (secondary N) is 3. The smallest absolute Gasteiger partial charge is 0.251 e. The summed E-state index contributed by atoms with van der Waals surface area (Å²) in [5, 5.41) is 9.60. The summed E-state index contributed by atoms with van der Waals surface area (Å²) in [5.41, 5.74) is 2.64. The molecule has 6 nitrogen and oxygen atoms in total. The summed E-state index contributed by atoms with van der Waals surface area (Å²) in [6.45, 7) is 7.15. The number of carbonyl (C=O) groups excluding carboxylic acids is 1. The van der Waals surface area contributed by atoms with Gasteiger partial charge in [0, 0.05) is 31.1 Å². The van der Waals surface area contributed by atoms with Crippen LogP contribution in [0.3, 0.4) is 0 Å². The minimum absolute atomic E-state index is 0.0696. The minimum atomic E-state index is -0.265. The first-order valence-electron chi connectivity index (χ1n) is 9.94. The summed E-state index contributed by atoms with van der Waals surface area (Å²) in [7, 11) is 1.74. The Balaban J connectivity index is 1.50. The van der Waals surface area contributed by atoms with E-state index in [0.29, 0.717) is 24.6 Å². The highest BCUT2D eigenvalue weighted by Crippen LogP contribution is 2.27. The van der Waals surface area contributed by atoms with E-state index >= 15 is 0 Å². The van der Waals surface area contributed by atoms with Crippen molar-refractivity contribution in [1.82, 2.24) is 16.0 Å². The Bertz CT molecular complexity index is 861. The van der Waals surface area contributed by atoms with E-state index in [1.165, 1.54) is 5.56 Å². The van der Waals surface area contributed by atoms with Crippen LogP contribution in [0.2, 0.25) is 0 Å². The number of nitrogens with zero attached hydrogens (tertiary/aromatic N) is 1. The molecule has 6 heteroatoms. The number of fused-ring (bicyclic) bond motifs is 1. The van der Waals surface area contributed by atoms with Crippen molar-refractivity contribution in [3.8, 4) is 5.75 Å². The highest BCUT2D eigenvalue weighted by Gasteiger charge is 2.22. The lowest BCUT2D eigenvalue weighted by Crippen LogP contribution is -2.42. The van der Waals surface area contributed by atoms with Crippen LogP contribution in [0.4, 0.5) is 0 Å². The van der Waals surface area contributed by atoms with Gasteiger partial charge in [-0.25, -0.2) is 0 Å². The number of para-hydroxylation sites is 1. The highest BCUT2D eigenvalue weighted by atomic mass is 16.5. The lowest BCUT2D eigenvalue weighted by molar-refractivity contribution is 0.0919. The molecule has 1 heterocycles. The Hall–Kier alpha value is -3.02. The predicted molar refractivity (Wildman–Crippen MR) is 116 cm³/mol. The molecule has 0 aromatic heterocycles.